The van der Waals surface area contributed by atoms with E-state index in [-0.39, 0.29) is 12.4 Å². The van der Waals surface area contributed by atoms with Gasteiger partial charge in [0.05, 0.1) is 5.69 Å². The number of hydrogen-bond donors (Lipinski definition) is 2. The molecule has 0 saturated heterocycles. The van der Waals surface area contributed by atoms with Gasteiger partial charge in [0.2, 0.25) is 4.96 Å². The molecule has 0 fully saturated rings. The van der Waals surface area contributed by atoms with Crippen molar-refractivity contribution in [3.8, 4) is 11.4 Å². The van der Waals surface area contributed by atoms with E-state index in [1.165, 1.54) is 23.5 Å². The summed E-state index contributed by atoms with van der Waals surface area (Å²) in [6, 6.07) is 10.0. The van der Waals surface area contributed by atoms with Gasteiger partial charge in [-0.3, -0.25) is 9.59 Å². The maximum absolute atomic E-state index is 13.5. The molecule has 0 bridgehead atoms. The molecule has 9 heteroatoms. The van der Waals surface area contributed by atoms with Gasteiger partial charge in [-0.25, -0.2) is 8.91 Å². The molecule has 4 aromatic rings. The minimum absolute atomic E-state index is 0.263. The van der Waals surface area contributed by atoms with E-state index in [1.807, 2.05) is 38.3 Å². The summed E-state index contributed by atoms with van der Waals surface area (Å²) in [5.74, 6) is -1.32. The number of halogens is 1. The first-order chi connectivity index (χ1) is 15.3. The van der Waals surface area contributed by atoms with Crippen LogP contribution in [0.5, 0.6) is 0 Å². The Morgan fingerprint density at radius 2 is 1.84 bits per heavy atom. The molecule has 2 amide bonds. The van der Waals surface area contributed by atoms with Crippen molar-refractivity contribution in [2.75, 3.05) is 11.9 Å². The summed E-state index contributed by atoms with van der Waals surface area (Å²) in [5.41, 5.74) is 5.00. The van der Waals surface area contributed by atoms with E-state index in [4.69, 9.17) is 0 Å². The number of carbonyl (C=O) groups excluding carboxylic acids is 2. The first-order valence-electron chi connectivity index (χ1n) is 10.1. The molecule has 0 aliphatic heterocycles. The fraction of sp³-hybridized carbons (Fsp3) is 0.217. The predicted octanol–water partition coefficient (Wildman–Crippen LogP) is 3.82. The molecule has 0 aliphatic carbocycles. The highest BCUT2D eigenvalue weighted by atomic mass is 32.1. The minimum atomic E-state index is -0.704. The number of aromatic nitrogens is 3. The Kier molecular flexibility index (Phi) is 6.00. The molecule has 0 radical (unpaired) electrons. The third-order valence-corrected chi connectivity index (χ3v) is 5.89. The summed E-state index contributed by atoms with van der Waals surface area (Å²) < 4.78 is 15.2. The predicted molar refractivity (Wildman–Crippen MR) is 122 cm³/mol. The lowest BCUT2D eigenvalue weighted by molar-refractivity contribution is -0.136. The van der Waals surface area contributed by atoms with Crippen LogP contribution < -0.4 is 10.6 Å². The summed E-state index contributed by atoms with van der Waals surface area (Å²) in [7, 11) is 0. The van der Waals surface area contributed by atoms with Gasteiger partial charge in [-0.15, -0.1) is 16.4 Å². The molecule has 0 saturated carbocycles. The second-order valence-corrected chi connectivity index (χ2v) is 8.44. The highest BCUT2D eigenvalue weighted by Gasteiger charge is 2.17. The number of benzene rings is 2. The Morgan fingerprint density at radius 1 is 1.09 bits per heavy atom. The van der Waals surface area contributed by atoms with Crippen LogP contribution in [-0.2, 0) is 16.0 Å². The maximum Gasteiger partial charge on any atom is 0.313 e. The number of rotatable bonds is 5. The molecule has 0 unspecified atom stereocenters. The molecular formula is C23H22FN5O2S. The second kappa shape index (κ2) is 8.88. The van der Waals surface area contributed by atoms with E-state index >= 15 is 0 Å². The molecule has 2 aromatic heterocycles. The van der Waals surface area contributed by atoms with Crippen LogP contribution >= 0.6 is 11.3 Å². The molecule has 4 rings (SSSR count). The number of aryl methyl sites for hydroxylation is 3. The smallest absolute Gasteiger partial charge is 0.313 e. The van der Waals surface area contributed by atoms with Crippen molar-refractivity contribution >= 4 is 33.8 Å². The number of nitrogens with zero attached hydrogens (tertiary/aromatic N) is 3. The van der Waals surface area contributed by atoms with Crippen molar-refractivity contribution in [2.45, 2.75) is 27.2 Å². The number of nitrogens with one attached hydrogen (secondary N) is 2. The lowest BCUT2D eigenvalue weighted by Gasteiger charge is -2.12. The highest BCUT2D eigenvalue weighted by molar-refractivity contribution is 7.15. The van der Waals surface area contributed by atoms with E-state index in [1.54, 1.807) is 16.6 Å². The van der Waals surface area contributed by atoms with Gasteiger partial charge in [0.25, 0.3) is 0 Å². The van der Waals surface area contributed by atoms with Crippen molar-refractivity contribution < 1.29 is 14.0 Å². The van der Waals surface area contributed by atoms with Crippen LogP contribution in [0.3, 0.4) is 0 Å². The van der Waals surface area contributed by atoms with Crippen LogP contribution in [0.1, 0.15) is 22.4 Å². The molecule has 32 heavy (non-hydrogen) atoms. The molecule has 2 aromatic carbocycles. The molecular weight excluding hydrogens is 429 g/mol. The standard InChI is InChI=1S/C23H22FN5O2S/c1-13-9-14(2)19(15(3)10-13)26-22(31)21(30)25-8-7-18-12-32-23-27-20(28-29(18)23)16-5-4-6-17(24)11-16/h4-6,9-12H,7-8H2,1-3H3,(H,25,30)(H,26,31). The Morgan fingerprint density at radius 3 is 2.56 bits per heavy atom. The average Bonchev–Trinajstić information content (AvgIpc) is 3.32. The van der Waals surface area contributed by atoms with E-state index in [9.17, 15) is 14.0 Å². The highest BCUT2D eigenvalue weighted by Crippen LogP contribution is 2.23. The Balaban J connectivity index is 1.38. The average molecular weight is 452 g/mol. The summed E-state index contributed by atoms with van der Waals surface area (Å²) in [6.07, 6.45) is 0.466. The van der Waals surface area contributed by atoms with Crippen molar-refractivity contribution in [3.05, 3.63) is 70.0 Å². The monoisotopic (exact) mass is 451 g/mol. The summed E-state index contributed by atoms with van der Waals surface area (Å²) in [4.78, 5) is 29.7. The normalized spacial score (nSPS) is 11.0. The number of fused-ring (bicyclic) bond motifs is 1. The topological polar surface area (TPSA) is 88.4 Å². The zero-order valence-corrected chi connectivity index (χ0v) is 18.7. The largest absolute Gasteiger partial charge is 0.347 e. The van der Waals surface area contributed by atoms with Crippen LogP contribution in [0.15, 0.2) is 41.8 Å². The van der Waals surface area contributed by atoms with Gasteiger partial charge in [0.15, 0.2) is 5.82 Å². The van der Waals surface area contributed by atoms with Gasteiger partial charge in [-0.1, -0.05) is 29.8 Å². The lowest BCUT2D eigenvalue weighted by Crippen LogP contribution is -2.36. The van der Waals surface area contributed by atoms with Crippen molar-refractivity contribution in [3.63, 3.8) is 0 Å². The fourth-order valence-electron chi connectivity index (χ4n) is 3.58. The van der Waals surface area contributed by atoms with E-state index < -0.39 is 11.8 Å². The zero-order valence-electron chi connectivity index (χ0n) is 17.9. The van der Waals surface area contributed by atoms with Gasteiger partial charge < -0.3 is 10.6 Å². The molecule has 2 N–H and O–H groups in total. The van der Waals surface area contributed by atoms with Crippen LogP contribution in [-0.4, -0.2) is 33.0 Å². The lowest BCUT2D eigenvalue weighted by atomic mass is 10.1. The summed E-state index contributed by atoms with van der Waals surface area (Å²) in [5, 5.41) is 11.7. The first-order valence-corrected chi connectivity index (χ1v) is 11.0. The molecule has 7 nitrogen and oxygen atoms in total. The van der Waals surface area contributed by atoms with Crippen LogP contribution in [0.2, 0.25) is 0 Å². The second-order valence-electron chi connectivity index (χ2n) is 7.60. The van der Waals surface area contributed by atoms with Crippen molar-refractivity contribution in [1.29, 1.82) is 0 Å². The SMILES string of the molecule is Cc1cc(C)c(NC(=O)C(=O)NCCc2csc3nc(-c4cccc(F)c4)nn23)c(C)c1. The first kappa shape index (κ1) is 21.6. The van der Waals surface area contributed by atoms with Gasteiger partial charge in [-0.2, -0.15) is 4.98 Å². The van der Waals surface area contributed by atoms with Gasteiger partial charge in [0.1, 0.15) is 5.82 Å². The summed E-state index contributed by atoms with van der Waals surface area (Å²) in [6.45, 7) is 6.03. The Labute approximate surface area is 188 Å². The van der Waals surface area contributed by atoms with Gasteiger partial charge in [0, 0.05) is 29.6 Å². The van der Waals surface area contributed by atoms with Crippen LogP contribution in [0.4, 0.5) is 10.1 Å². The van der Waals surface area contributed by atoms with Crippen molar-refractivity contribution in [1.82, 2.24) is 19.9 Å². The van der Waals surface area contributed by atoms with E-state index in [2.05, 4.69) is 20.7 Å². The molecule has 164 valence electrons. The number of carbonyl (C=O) groups is 2. The van der Waals surface area contributed by atoms with Gasteiger partial charge >= 0.3 is 11.8 Å². The number of thiazole rings is 1. The molecule has 2 heterocycles. The number of hydrogen-bond acceptors (Lipinski definition) is 5. The molecule has 0 spiro atoms. The third kappa shape index (κ3) is 4.52. The quantitative estimate of drug-likeness (QED) is 0.452. The van der Waals surface area contributed by atoms with E-state index in [0.29, 0.717) is 28.5 Å². The Bertz CT molecular complexity index is 1300. The van der Waals surface area contributed by atoms with Crippen LogP contribution in [0, 0.1) is 26.6 Å². The van der Waals surface area contributed by atoms with Crippen molar-refractivity contribution in [2.24, 2.45) is 0 Å². The van der Waals surface area contributed by atoms with Gasteiger partial charge in [-0.05, 0) is 44.0 Å². The zero-order chi connectivity index (χ0) is 22.8. The maximum atomic E-state index is 13.5. The molecule has 0 atom stereocenters. The van der Waals surface area contributed by atoms with Crippen LogP contribution in [0.25, 0.3) is 16.3 Å². The number of amides is 2. The fourth-order valence-corrected chi connectivity index (χ4v) is 4.43. The number of anilines is 1. The Hall–Kier alpha value is -3.59. The summed E-state index contributed by atoms with van der Waals surface area (Å²) >= 11 is 1.41. The van der Waals surface area contributed by atoms with E-state index in [0.717, 1.165) is 22.4 Å². The molecule has 0 aliphatic rings. The minimum Gasteiger partial charge on any atom is -0.347 e. The third-order valence-electron chi connectivity index (χ3n) is 5.02.